The molecule has 0 heterocycles. The molecule has 15 nitrogen and oxygen atoms in total. The van der Waals surface area contributed by atoms with E-state index in [1.165, 1.54) is 12.1 Å². The molecule has 0 radical (unpaired) electrons. The molecule has 5 atom stereocenters. The van der Waals surface area contributed by atoms with Gasteiger partial charge in [-0.15, -0.1) is 0 Å². The second kappa shape index (κ2) is 16.7. The highest BCUT2D eigenvalue weighted by molar-refractivity contribution is 5.94. The van der Waals surface area contributed by atoms with Crippen LogP contribution < -0.4 is 27.0 Å². The van der Waals surface area contributed by atoms with Crippen molar-refractivity contribution < 1.29 is 49.2 Å². The highest BCUT2D eigenvalue weighted by Crippen LogP contribution is 2.12. The number of aromatic hydroxyl groups is 1. The minimum absolute atomic E-state index is 0.0606. The Balaban J connectivity index is 2.72. The fourth-order valence-electron chi connectivity index (χ4n) is 3.46. The van der Waals surface area contributed by atoms with Crippen LogP contribution in [0.2, 0.25) is 0 Å². The smallest absolute Gasteiger partial charge is 0.326 e. The first-order valence-corrected chi connectivity index (χ1v) is 12.6. The number of nitrogens with two attached hydrogens (primary N) is 1. The third-order valence-corrected chi connectivity index (χ3v) is 6.04. The topological polar surface area (TPSA) is 257 Å². The van der Waals surface area contributed by atoms with Crippen LogP contribution in [0.3, 0.4) is 0 Å². The van der Waals surface area contributed by atoms with Crippen LogP contribution in [0.4, 0.5) is 0 Å². The number of nitrogens with one attached hydrogen (secondary N) is 4. The van der Waals surface area contributed by atoms with Gasteiger partial charge >= 0.3 is 11.9 Å². The molecule has 0 spiro atoms. The Hall–Kier alpha value is -4.24. The van der Waals surface area contributed by atoms with Gasteiger partial charge in [0, 0.05) is 6.42 Å². The molecule has 4 amide bonds. The number of aliphatic hydroxyl groups excluding tert-OH is 1. The molecule has 0 saturated carbocycles. The van der Waals surface area contributed by atoms with Crippen molar-refractivity contribution in [2.75, 3.05) is 13.2 Å². The number of carboxylic acid groups (broad SMARTS) is 2. The number of hydrogen-bond acceptors (Lipinski definition) is 9. The molecule has 1 aromatic carbocycles. The van der Waals surface area contributed by atoms with Crippen LogP contribution in [-0.2, 0) is 35.2 Å². The number of hydrogen-bond donors (Lipinski definition) is 9. The Morgan fingerprint density at radius 3 is 2.05 bits per heavy atom. The predicted octanol–water partition coefficient (Wildman–Crippen LogP) is -2.18. The number of carbonyl (C=O) groups excluding carboxylic acids is 4. The summed E-state index contributed by atoms with van der Waals surface area (Å²) in [6.07, 6.45) is -0.306. The van der Waals surface area contributed by atoms with E-state index in [1.54, 1.807) is 26.0 Å². The van der Waals surface area contributed by atoms with Crippen molar-refractivity contribution in [1.82, 2.24) is 21.3 Å². The summed E-state index contributed by atoms with van der Waals surface area (Å²) in [6, 6.07) is 0.952. The van der Waals surface area contributed by atoms with E-state index in [0.29, 0.717) is 12.0 Å². The van der Waals surface area contributed by atoms with Gasteiger partial charge in [-0.25, -0.2) is 4.79 Å². The molecular weight excluding hydrogens is 530 g/mol. The molecule has 0 bridgehead atoms. The summed E-state index contributed by atoms with van der Waals surface area (Å²) in [5, 5.41) is 45.9. The molecule has 0 fully saturated rings. The highest BCUT2D eigenvalue weighted by Gasteiger charge is 2.30. The van der Waals surface area contributed by atoms with Crippen LogP contribution in [-0.4, -0.2) is 93.3 Å². The van der Waals surface area contributed by atoms with Gasteiger partial charge in [0.05, 0.1) is 19.2 Å². The normalized spacial score (nSPS) is 14.5. The second-order valence-corrected chi connectivity index (χ2v) is 9.20. The molecule has 0 aliphatic heterocycles. The van der Waals surface area contributed by atoms with Gasteiger partial charge in [-0.2, -0.15) is 0 Å². The molecule has 222 valence electrons. The molecule has 0 aromatic heterocycles. The molecule has 0 aliphatic carbocycles. The summed E-state index contributed by atoms with van der Waals surface area (Å²) in [4.78, 5) is 72.1. The first-order valence-electron chi connectivity index (χ1n) is 12.6. The van der Waals surface area contributed by atoms with Crippen molar-refractivity contribution in [3.63, 3.8) is 0 Å². The van der Waals surface area contributed by atoms with Gasteiger partial charge in [0.1, 0.15) is 23.9 Å². The summed E-state index contributed by atoms with van der Waals surface area (Å²) in [6.45, 7) is 1.98. The van der Waals surface area contributed by atoms with E-state index < -0.39 is 85.7 Å². The van der Waals surface area contributed by atoms with E-state index in [0.717, 1.165) is 0 Å². The number of aliphatic hydroxyl groups is 1. The minimum Gasteiger partial charge on any atom is -0.508 e. The van der Waals surface area contributed by atoms with Gasteiger partial charge in [-0.3, -0.25) is 24.0 Å². The Labute approximate surface area is 230 Å². The monoisotopic (exact) mass is 567 g/mol. The number of amides is 4. The quantitative estimate of drug-likeness (QED) is 0.0977. The van der Waals surface area contributed by atoms with E-state index >= 15 is 0 Å². The van der Waals surface area contributed by atoms with Crippen molar-refractivity contribution in [3.05, 3.63) is 29.8 Å². The van der Waals surface area contributed by atoms with Gasteiger partial charge in [0.2, 0.25) is 23.6 Å². The summed E-state index contributed by atoms with van der Waals surface area (Å²) < 4.78 is 0. The van der Waals surface area contributed by atoms with Gasteiger partial charge in [0.25, 0.3) is 0 Å². The third-order valence-electron chi connectivity index (χ3n) is 6.04. The second-order valence-electron chi connectivity index (χ2n) is 9.20. The largest absolute Gasteiger partial charge is 0.508 e. The minimum atomic E-state index is -1.57. The number of phenols is 1. The first kappa shape index (κ1) is 33.8. The molecule has 0 aliphatic rings. The van der Waals surface area contributed by atoms with Crippen molar-refractivity contribution in [2.24, 2.45) is 11.7 Å². The van der Waals surface area contributed by atoms with Crippen LogP contribution >= 0.6 is 0 Å². The molecule has 15 heteroatoms. The molecule has 1 aromatic rings. The number of rotatable bonds is 17. The number of phenolic OH excluding ortho intramolecular Hbond substituents is 1. The maximum atomic E-state index is 12.8. The van der Waals surface area contributed by atoms with Gasteiger partial charge in [-0.05, 0) is 36.5 Å². The van der Waals surface area contributed by atoms with Gasteiger partial charge < -0.3 is 47.4 Å². The van der Waals surface area contributed by atoms with E-state index in [-0.39, 0.29) is 18.1 Å². The Kier molecular flexibility index (Phi) is 14.1. The lowest BCUT2D eigenvalue weighted by Crippen LogP contribution is -2.57. The zero-order valence-electron chi connectivity index (χ0n) is 22.3. The zero-order valence-corrected chi connectivity index (χ0v) is 22.3. The van der Waals surface area contributed by atoms with E-state index in [2.05, 4.69) is 21.3 Å². The third kappa shape index (κ3) is 11.7. The SMILES string of the molecule is CCC(C)C(NC(=O)C(N)Cc1ccc(O)cc1)C(=O)NCC(=O)NC(CO)C(=O)NC(CCC(=O)O)C(=O)O. The Morgan fingerprint density at radius 2 is 1.52 bits per heavy atom. The summed E-state index contributed by atoms with van der Waals surface area (Å²) in [5.74, 6) is -6.30. The summed E-state index contributed by atoms with van der Waals surface area (Å²) in [7, 11) is 0. The standard InChI is InChI=1S/C25H37N5O10/c1-3-13(2)21(30-22(36)16(26)10-14-4-6-15(32)7-5-14)24(38)27-11-19(33)28-18(12-31)23(37)29-17(25(39)40)8-9-20(34)35/h4-7,13,16-18,21,31-32H,3,8-12,26H2,1-2H3,(H,27,38)(H,28,33)(H,29,37)(H,30,36)(H,34,35)(H,39,40). The molecule has 1 rings (SSSR count). The summed E-state index contributed by atoms with van der Waals surface area (Å²) >= 11 is 0. The fourth-order valence-corrected chi connectivity index (χ4v) is 3.46. The molecule has 10 N–H and O–H groups in total. The van der Waals surface area contributed by atoms with Crippen molar-refractivity contribution >= 4 is 35.6 Å². The van der Waals surface area contributed by atoms with Crippen LogP contribution in [0, 0.1) is 5.92 Å². The number of benzene rings is 1. The highest BCUT2D eigenvalue weighted by atomic mass is 16.4. The first-order chi connectivity index (χ1) is 18.8. The average Bonchev–Trinajstić information content (AvgIpc) is 2.91. The lowest BCUT2D eigenvalue weighted by Gasteiger charge is -2.25. The number of carbonyl (C=O) groups is 6. The zero-order chi connectivity index (χ0) is 30.4. The van der Waals surface area contributed by atoms with E-state index in [4.69, 9.17) is 15.9 Å². The molecule has 5 unspecified atom stereocenters. The molecular formula is C25H37N5O10. The average molecular weight is 568 g/mol. The summed E-state index contributed by atoms with van der Waals surface area (Å²) in [5.41, 5.74) is 6.68. The number of carboxylic acids is 2. The number of aliphatic carboxylic acids is 2. The van der Waals surface area contributed by atoms with Crippen molar-refractivity contribution in [2.45, 2.75) is 63.7 Å². The maximum absolute atomic E-state index is 12.8. The van der Waals surface area contributed by atoms with Crippen LogP contribution in [0.5, 0.6) is 5.75 Å². The van der Waals surface area contributed by atoms with E-state index in [9.17, 15) is 39.0 Å². The van der Waals surface area contributed by atoms with Crippen LogP contribution in [0.1, 0.15) is 38.7 Å². The van der Waals surface area contributed by atoms with Crippen LogP contribution in [0.25, 0.3) is 0 Å². The predicted molar refractivity (Wildman–Crippen MR) is 140 cm³/mol. The van der Waals surface area contributed by atoms with Crippen molar-refractivity contribution in [3.8, 4) is 5.75 Å². The Bertz CT molecular complexity index is 1050. The van der Waals surface area contributed by atoms with E-state index in [1.807, 2.05) is 0 Å². The maximum Gasteiger partial charge on any atom is 0.326 e. The van der Waals surface area contributed by atoms with Crippen LogP contribution in [0.15, 0.2) is 24.3 Å². The molecule has 40 heavy (non-hydrogen) atoms. The molecule has 0 saturated heterocycles. The Morgan fingerprint density at radius 1 is 0.900 bits per heavy atom. The fraction of sp³-hybridized carbons (Fsp3) is 0.520. The van der Waals surface area contributed by atoms with Gasteiger partial charge in [-0.1, -0.05) is 32.4 Å². The van der Waals surface area contributed by atoms with Crippen molar-refractivity contribution in [1.29, 1.82) is 0 Å². The lowest BCUT2D eigenvalue weighted by molar-refractivity contribution is -0.143. The van der Waals surface area contributed by atoms with Gasteiger partial charge in [0.15, 0.2) is 0 Å². The lowest BCUT2D eigenvalue weighted by atomic mass is 9.97.